The number of halogens is 1. The zero-order valence-corrected chi connectivity index (χ0v) is 11.3. The van der Waals surface area contributed by atoms with Gasteiger partial charge in [-0.1, -0.05) is 0 Å². The second kappa shape index (κ2) is 6.14. The number of carbonyl (C=O) groups is 1. The molecule has 0 unspecified atom stereocenters. The van der Waals surface area contributed by atoms with E-state index < -0.39 is 0 Å². The molecule has 2 N–H and O–H groups in total. The third-order valence-electron chi connectivity index (χ3n) is 2.72. The van der Waals surface area contributed by atoms with Gasteiger partial charge in [-0.2, -0.15) is 5.10 Å². The van der Waals surface area contributed by atoms with Crippen molar-refractivity contribution in [1.29, 1.82) is 0 Å². The fourth-order valence-electron chi connectivity index (χ4n) is 1.77. The van der Waals surface area contributed by atoms with Crippen LogP contribution in [-0.4, -0.2) is 26.8 Å². The Hall–Kier alpha value is -2.44. The van der Waals surface area contributed by atoms with Gasteiger partial charge in [-0.05, 0) is 37.6 Å². The lowest BCUT2D eigenvalue weighted by Gasteiger charge is -2.14. The summed E-state index contributed by atoms with van der Waals surface area (Å²) in [5.74, 6) is -0.296. The first-order valence-corrected chi connectivity index (χ1v) is 6.20. The van der Waals surface area contributed by atoms with Crippen molar-refractivity contribution >= 4 is 11.7 Å². The number of hydrogen-bond donors (Lipinski definition) is 2. The molecule has 0 spiro atoms. The van der Waals surface area contributed by atoms with Crippen LogP contribution in [0.5, 0.6) is 0 Å². The lowest BCUT2D eigenvalue weighted by molar-refractivity contribution is 0.247. The molecule has 0 aliphatic rings. The average molecular weight is 277 g/mol. The molecule has 0 radical (unpaired) electrons. The van der Waals surface area contributed by atoms with Crippen LogP contribution in [0.25, 0.3) is 0 Å². The third-order valence-corrected chi connectivity index (χ3v) is 2.72. The van der Waals surface area contributed by atoms with Gasteiger partial charge >= 0.3 is 6.03 Å². The molecule has 2 amide bonds. The molecule has 1 atom stereocenters. The van der Waals surface area contributed by atoms with Crippen molar-refractivity contribution in [2.75, 3.05) is 5.32 Å². The molecule has 6 nitrogen and oxygen atoms in total. The Kier molecular flexibility index (Phi) is 4.29. The summed E-state index contributed by atoms with van der Waals surface area (Å²) in [7, 11) is 0. The van der Waals surface area contributed by atoms with Gasteiger partial charge in [0.2, 0.25) is 0 Å². The van der Waals surface area contributed by atoms with Crippen LogP contribution >= 0.6 is 0 Å². The van der Waals surface area contributed by atoms with Crippen molar-refractivity contribution in [3.63, 3.8) is 0 Å². The van der Waals surface area contributed by atoms with Gasteiger partial charge in [0.1, 0.15) is 18.5 Å². The molecule has 0 aliphatic heterocycles. The number of nitrogens with zero attached hydrogens (tertiary/aromatic N) is 3. The maximum Gasteiger partial charge on any atom is 0.319 e. The van der Waals surface area contributed by atoms with Gasteiger partial charge in [0.05, 0.1) is 6.54 Å². The standard InChI is InChI=1S/C13H16FN5O/c1-9-5-11(3-4-12(9)14)18-13(20)17-10(2)6-19-8-15-7-16-19/h3-5,7-8,10H,6H2,1-2H3,(H2,17,18,20)/t10-/m0/s1. The second-order valence-electron chi connectivity index (χ2n) is 4.58. The van der Waals surface area contributed by atoms with Gasteiger partial charge in [-0.15, -0.1) is 0 Å². The van der Waals surface area contributed by atoms with Crippen LogP contribution in [0.4, 0.5) is 14.9 Å². The van der Waals surface area contributed by atoms with Crippen LogP contribution in [0.3, 0.4) is 0 Å². The first-order chi connectivity index (χ1) is 9.54. The molecule has 0 aliphatic carbocycles. The molecule has 20 heavy (non-hydrogen) atoms. The van der Waals surface area contributed by atoms with E-state index in [1.54, 1.807) is 24.0 Å². The van der Waals surface area contributed by atoms with Crippen LogP contribution in [0.2, 0.25) is 0 Å². The average Bonchev–Trinajstić information content (AvgIpc) is 2.86. The summed E-state index contributed by atoms with van der Waals surface area (Å²) in [5, 5.41) is 9.39. The zero-order chi connectivity index (χ0) is 14.5. The highest BCUT2D eigenvalue weighted by molar-refractivity contribution is 5.89. The molecule has 7 heteroatoms. The molecule has 2 aromatic rings. The number of aryl methyl sites for hydroxylation is 1. The molecule has 106 valence electrons. The first kappa shape index (κ1) is 14.0. The highest BCUT2D eigenvalue weighted by Crippen LogP contribution is 2.13. The predicted octanol–water partition coefficient (Wildman–Crippen LogP) is 1.94. The zero-order valence-electron chi connectivity index (χ0n) is 11.3. The summed E-state index contributed by atoms with van der Waals surface area (Å²) in [6.45, 7) is 4.03. The second-order valence-corrected chi connectivity index (χ2v) is 4.58. The van der Waals surface area contributed by atoms with E-state index in [0.29, 0.717) is 17.8 Å². The number of aromatic nitrogens is 3. The van der Waals surface area contributed by atoms with Crippen molar-refractivity contribution in [3.05, 3.63) is 42.2 Å². The maximum atomic E-state index is 13.1. The van der Waals surface area contributed by atoms with E-state index in [9.17, 15) is 9.18 Å². The molecule has 0 fully saturated rings. The van der Waals surface area contributed by atoms with Gasteiger partial charge < -0.3 is 10.6 Å². The van der Waals surface area contributed by atoms with Crippen molar-refractivity contribution in [1.82, 2.24) is 20.1 Å². The van der Waals surface area contributed by atoms with E-state index >= 15 is 0 Å². The van der Waals surface area contributed by atoms with E-state index in [2.05, 4.69) is 20.7 Å². The largest absolute Gasteiger partial charge is 0.334 e. The molecule has 1 heterocycles. The van der Waals surface area contributed by atoms with Crippen molar-refractivity contribution in [3.8, 4) is 0 Å². The number of rotatable bonds is 4. The third kappa shape index (κ3) is 3.78. The Bertz CT molecular complexity index is 584. The highest BCUT2D eigenvalue weighted by Gasteiger charge is 2.09. The number of benzene rings is 1. The minimum atomic E-state index is -0.344. The van der Waals surface area contributed by atoms with Crippen molar-refractivity contribution in [2.45, 2.75) is 26.4 Å². The number of nitrogens with one attached hydrogen (secondary N) is 2. The fraction of sp³-hybridized carbons (Fsp3) is 0.308. The maximum absolute atomic E-state index is 13.1. The molecule has 2 rings (SSSR count). The first-order valence-electron chi connectivity index (χ1n) is 6.20. The minimum absolute atomic E-state index is 0.113. The van der Waals surface area contributed by atoms with E-state index in [0.717, 1.165) is 0 Å². The lowest BCUT2D eigenvalue weighted by Crippen LogP contribution is -2.38. The molecule has 0 saturated carbocycles. The Labute approximate surface area is 116 Å². The van der Waals surface area contributed by atoms with Crippen LogP contribution in [0.15, 0.2) is 30.9 Å². The normalized spacial score (nSPS) is 11.9. The fourth-order valence-corrected chi connectivity index (χ4v) is 1.77. The monoisotopic (exact) mass is 277 g/mol. The number of urea groups is 1. The Morgan fingerprint density at radius 3 is 2.95 bits per heavy atom. The molecule has 0 saturated heterocycles. The van der Waals surface area contributed by atoms with Crippen LogP contribution in [-0.2, 0) is 6.54 Å². The number of hydrogen-bond acceptors (Lipinski definition) is 3. The smallest absolute Gasteiger partial charge is 0.319 e. The van der Waals surface area contributed by atoms with E-state index in [4.69, 9.17) is 0 Å². The summed E-state index contributed by atoms with van der Waals surface area (Å²) in [4.78, 5) is 15.6. The van der Waals surface area contributed by atoms with Crippen LogP contribution < -0.4 is 10.6 Å². The van der Waals surface area contributed by atoms with Crippen LogP contribution in [0.1, 0.15) is 12.5 Å². The van der Waals surface area contributed by atoms with Crippen LogP contribution in [0, 0.1) is 12.7 Å². The Balaban J connectivity index is 1.87. The predicted molar refractivity (Wildman–Crippen MR) is 72.8 cm³/mol. The number of carbonyl (C=O) groups excluding carboxylic acids is 1. The SMILES string of the molecule is Cc1cc(NC(=O)N[C@@H](C)Cn2cncn2)ccc1F. The molecular weight excluding hydrogens is 261 g/mol. The topological polar surface area (TPSA) is 71.8 Å². The number of anilines is 1. The molecule has 1 aromatic carbocycles. The lowest BCUT2D eigenvalue weighted by atomic mass is 10.2. The summed E-state index contributed by atoms with van der Waals surface area (Å²) in [5.41, 5.74) is 1.04. The van der Waals surface area contributed by atoms with E-state index in [-0.39, 0.29) is 17.9 Å². The van der Waals surface area contributed by atoms with Crippen molar-refractivity contribution in [2.24, 2.45) is 0 Å². The van der Waals surface area contributed by atoms with Gasteiger partial charge in [0.25, 0.3) is 0 Å². The van der Waals surface area contributed by atoms with Gasteiger partial charge in [0, 0.05) is 11.7 Å². The van der Waals surface area contributed by atoms with Gasteiger partial charge in [-0.25, -0.2) is 14.2 Å². The van der Waals surface area contributed by atoms with E-state index in [1.165, 1.54) is 18.5 Å². The highest BCUT2D eigenvalue weighted by atomic mass is 19.1. The molecule has 1 aromatic heterocycles. The summed E-state index contributed by atoms with van der Waals surface area (Å²) in [6, 6.07) is 3.96. The Morgan fingerprint density at radius 1 is 1.50 bits per heavy atom. The summed E-state index contributed by atoms with van der Waals surface area (Å²) >= 11 is 0. The van der Waals surface area contributed by atoms with Crippen molar-refractivity contribution < 1.29 is 9.18 Å². The van der Waals surface area contributed by atoms with Gasteiger partial charge in [0.15, 0.2) is 0 Å². The summed E-state index contributed by atoms with van der Waals surface area (Å²) < 4.78 is 14.7. The Morgan fingerprint density at radius 2 is 2.30 bits per heavy atom. The summed E-state index contributed by atoms with van der Waals surface area (Å²) in [6.07, 6.45) is 3.02. The minimum Gasteiger partial charge on any atom is -0.334 e. The molecule has 0 bridgehead atoms. The van der Waals surface area contributed by atoms with Gasteiger partial charge in [-0.3, -0.25) is 4.68 Å². The quantitative estimate of drug-likeness (QED) is 0.897. The van der Waals surface area contributed by atoms with E-state index in [1.807, 2.05) is 6.92 Å². The molecular formula is C13H16FN5O. The number of amides is 2.